The molecule has 4 heteroatoms. The summed E-state index contributed by atoms with van der Waals surface area (Å²) < 4.78 is 5.43. The molecule has 1 aromatic rings. The lowest BCUT2D eigenvalue weighted by Gasteiger charge is -2.07. The number of nitrogens with two attached hydrogens (primary N) is 1. The van der Waals surface area contributed by atoms with Gasteiger partial charge in [0.25, 0.3) is 0 Å². The summed E-state index contributed by atoms with van der Waals surface area (Å²) in [6.07, 6.45) is 2.14. The van der Waals surface area contributed by atoms with E-state index in [2.05, 4.69) is 22.4 Å². The van der Waals surface area contributed by atoms with Crippen molar-refractivity contribution in [1.82, 2.24) is 5.32 Å². The monoisotopic (exact) mass is 263 g/mol. The molecule has 0 bridgehead atoms. The predicted octanol–water partition coefficient (Wildman–Crippen LogP) is 1.95. The molecule has 4 nitrogen and oxygen atoms in total. The number of nitrogens with zero attached hydrogens (tertiary/aromatic N) is 1. The Morgan fingerprint density at radius 1 is 1.32 bits per heavy atom. The maximum Gasteiger partial charge on any atom is 0.188 e. The molecule has 19 heavy (non-hydrogen) atoms. The van der Waals surface area contributed by atoms with Crippen molar-refractivity contribution in [2.24, 2.45) is 10.7 Å². The molecule has 0 spiro atoms. The smallest absolute Gasteiger partial charge is 0.188 e. The van der Waals surface area contributed by atoms with E-state index in [0.29, 0.717) is 12.5 Å². The third-order valence-electron chi connectivity index (χ3n) is 2.60. The Kier molecular flexibility index (Phi) is 7.66. The highest BCUT2D eigenvalue weighted by Gasteiger charge is 1.95. The number of hydrogen-bond acceptors (Lipinski definition) is 2. The zero-order chi connectivity index (χ0) is 13.9. The lowest BCUT2D eigenvalue weighted by atomic mass is 10.1. The third-order valence-corrected chi connectivity index (χ3v) is 2.60. The number of benzene rings is 1. The van der Waals surface area contributed by atoms with Gasteiger partial charge >= 0.3 is 0 Å². The number of ether oxygens (including phenoxy) is 1. The van der Waals surface area contributed by atoms with Crippen LogP contribution in [0.15, 0.2) is 35.3 Å². The summed E-state index contributed by atoms with van der Waals surface area (Å²) in [5.41, 5.74) is 7.08. The van der Waals surface area contributed by atoms with Gasteiger partial charge in [-0.3, -0.25) is 4.99 Å². The molecule has 0 aliphatic carbocycles. The molecule has 0 unspecified atom stereocenters. The van der Waals surface area contributed by atoms with Crippen LogP contribution in [0.2, 0.25) is 0 Å². The van der Waals surface area contributed by atoms with E-state index in [1.165, 1.54) is 5.56 Å². The number of hydrogen-bond donors (Lipinski definition) is 2. The molecule has 0 radical (unpaired) electrons. The van der Waals surface area contributed by atoms with Crippen LogP contribution in [0.5, 0.6) is 0 Å². The average molecular weight is 263 g/mol. The van der Waals surface area contributed by atoms with Gasteiger partial charge in [-0.05, 0) is 32.3 Å². The van der Waals surface area contributed by atoms with Gasteiger partial charge in [-0.1, -0.05) is 30.3 Å². The summed E-state index contributed by atoms with van der Waals surface area (Å²) >= 11 is 0. The van der Waals surface area contributed by atoms with Gasteiger partial charge in [-0.2, -0.15) is 0 Å². The fourth-order valence-corrected chi connectivity index (χ4v) is 1.62. The molecule has 0 aliphatic heterocycles. The highest BCUT2D eigenvalue weighted by Crippen LogP contribution is 1.97. The number of nitrogens with one attached hydrogen (secondary N) is 1. The molecule has 106 valence electrons. The first-order chi connectivity index (χ1) is 9.18. The maximum absolute atomic E-state index is 5.78. The fourth-order valence-electron chi connectivity index (χ4n) is 1.62. The standard InChI is InChI=1S/C15H25N3O/c1-13(2)19-12-6-10-17-15(16)18-11-9-14-7-4-3-5-8-14/h3-5,7-8,13H,6,9-12H2,1-2H3,(H3,16,17,18). The lowest BCUT2D eigenvalue weighted by Crippen LogP contribution is -2.33. The van der Waals surface area contributed by atoms with E-state index in [1.807, 2.05) is 32.0 Å². The first kappa shape index (κ1) is 15.5. The van der Waals surface area contributed by atoms with Gasteiger partial charge < -0.3 is 15.8 Å². The summed E-state index contributed by atoms with van der Waals surface area (Å²) in [7, 11) is 0. The normalized spacial score (nSPS) is 11.8. The average Bonchev–Trinajstić information content (AvgIpc) is 2.39. The van der Waals surface area contributed by atoms with Crippen LogP contribution >= 0.6 is 0 Å². The van der Waals surface area contributed by atoms with Crippen molar-refractivity contribution in [2.45, 2.75) is 32.8 Å². The number of aliphatic imine (C=N–C) groups is 1. The van der Waals surface area contributed by atoms with Crippen LogP contribution < -0.4 is 11.1 Å². The van der Waals surface area contributed by atoms with Crippen LogP contribution in [0.4, 0.5) is 0 Å². The maximum atomic E-state index is 5.78. The minimum Gasteiger partial charge on any atom is -0.379 e. The van der Waals surface area contributed by atoms with Crippen molar-refractivity contribution < 1.29 is 4.74 Å². The summed E-state index contributed by atoms with van der Waals surface area (Å²) in [5.74, 6) is 0.514. The van der Waals surface area contributed by atoms with Crippen molar-refractivity contribution in [2.75, 3.05) is 19.7 Å². The first-order valence-electron chi connectivity index (χ1n) is 6.88. The zero-order valence-corrected chi connectivity index (χ0v) is 11.9. The van der Waals surface area contributed by atoms with Crippen LogP contribution in [0.25, 0.3) is 0 Å². The van der Waals surface area contributed by atoms with Crippen molar-refractivity contribution in [1.29, 1.82) is 0 Å². The Bertz CT molecular complexity index is 363. The van der Waals surface area contributed by atoms with E-state index in [1.54, 1.807) is 0 Å². The summed E-state index contributed by atoms with van der Waals surface area (Å²) in [5, 5.41) is 3.12. The van der Waals surface area contributed by atoms with Crippen LogP contribution in [0.1, 0.15) is 25.8 Å². The molecule has 0 atom stereocenters. The highest BCUT2D eigenvalue weighted by atomic mass is 16.5. The largest absolute Gasteiger partial charge is 0.379 e. The molecule has 0 saturated carbocycles. The number of rotatable bonds is 8. The molecular weight excluding hydrogens is 238 g/mol. The van der Waals surface area contributed by atoms with Gasteiger partial charge in [-0.25, -0.2) is 0 Å². The summed E-state index contributed by atoms with van der Waals surface area (Å²) in [6, 6.07) is 10.3. The SMILES string of the molecule is CC(C)OCCCN=C(N)NCCc1ccccc1. The Hall–Kier alpha value is -1.55. The topological polar surface area (TPSA) is 59.6 Å². The molecule has 0 heterocycles. The van der Waals surface area contributed by atoms with Gasteiger partial charge in [0, 0.05) is 19.7 Å². The Morgan fingerprint density at radius 3 is 2.74 bits per heavy atom. The van der Waals surface area contributed by atoms with E-state index < -0.39 is 0 Å². The van der Waals surface area contributed by atoms with Crippen LogP contribution in [0.3, 0.4) is 0 Å². The van der Waals surface area contributed by atoms with Crippen molar-refractivity contribution in [3.05, 3.63) is 35.9 Å². The molecule has 0 amide bonds. The molecule has 0 aromatic heterocycles. The molecular formula is C15H25N3O. The van der Waals surface area contributed by atoms with Gasteiger partial charge in [0.15, 0.2) is 5.96 Å². The van der Waals surface area contributed by atoms with Crippen LogP contribution in [-0.2, 0) is 11.2 Å². The Labute approximate surface area is 116 Å². The Balaban J connectivity index is 2.08. The van der Waals surface area contributed by atoms with E-state index in [4.69, 9.17) is 10.5 Å². The molecule has 0 aliphatic rings. The molecule has 1 aromatic carbocycles. The van der Waals surface area contributed by atoms with E-state index in [-0.39, 0.29) is 6.10 Å². The minimum atomic E-state index is 0.283. The third kappa shape index (κ3) is 8.21. The van der Waals surface area contributed by atoms with Gasteiger partial charge in [0.05, 0.1) is 6.10 Å². The Morgan fingerprint density at radius 2 is 2.05 bits per heavy atom. The second-order valence-corrected chi connectivity index (χ2v) is 4.70. The second-order valence-electron chi connectivity index (χ2n) is 4.70. The molecule has 1 rings (SSSR count). The minimum absolute atomic E-state index is 0.283. The van der Waals surface area contributed by atoms with E-state index >= 15 is 0 Å². The van der Waals surface area contributed by atoms with Gasteiger partial charge in [0.2, 0.25) is 0 Å². The van der Waals surface area contributed by atoms with Gasteiger partial charge in [-0.15, -0.1) is 0 Å². The fraction of sp³-hybridized carbons (Fsp3) is 0.533. The van der Waals surface area contributed by atoms with E-state index in [9.17, 15) is 0 Å². The zero-order valence-electron chi connectivity index (χ0n) is 11.9. The molecule has 0 saturated heterocycles. The first-order valence-corrected chi connectivity index (χ1v) is 6.88. The second kappa shape index (κ2) is 9.39. The van der Waals surface area contributed by atoms with Crippen LogP contribution in [-0.4, -0.2) is 31.8 Å². The van der Waals surface area contributed by atoms with Crippen molar-refractivity contribution in [3.63, 3.8) is 0 Å². The quantitative estimate of drug-likeness (QED) is 0.428. The van der Waals surface area contributed by atoms with Gasteiger partial charge in [0.1, 0.15) is 0 Å². The van der Waals surface area contributed by atoms with Crippen LogP contribution in [0, 0.1) is 0 Å². The molecule has 0 fully saturated rings. The van der Waals surface area contributed by atoms with Crippen molar-refractivity contribution in [3.8, 4) is 0 Å². The highest BCUT2D eigenvalue weighted by molar-refractivity contribution is 5.77. The summed E-state index contributed by atoms with van der Waals surface area (Å²) in [6.45, 7) is 6.31. The number of guanidine groups is 1. The predicted molar refractivity (Wildman–Crippen MR) is 80.3 cm³/mol. The lowest BCUT2D eigenvalue weighted by molar-refractivity contribution is 0.0783. The van der Waals surface area contributed by atoms with E-state index in [0.717, 1.165) is 26.0 Å². The van der Waals surface area contributed by atoms with Crippen molar-refractivity contribution >= 4 is 5.96 Å². The molecule has 3 N–H and O–H groups in total. The summed E-state index contributed by atoms with van der Waals surface area (Å²) in [4.78, 5) is 4.26.